The summed E-state index contributed by atoms with van der Waals surface area (Å²) >= 11 is 0. The zero-order valence-corrected chi connectivity index (χ0v) is 14.4. The third-order valence-electron chi connectivity index (χ3n) is 5.08. The van der Waals surface area contributed by atoms with E-state index < -0.39 is 0 Å². The van der Waals surface area contributed by atoms with Crippen LogP contribution in [-0.2, 0) is 11.2 Å². The molecule has 1 aliphatic carbocycles. The molecule has 6 nitrogen and oxygen atoms in total. The van der Waals surface area contributed by atoms with Gasteiger partial charge in [-0.05, 0) is 43.4 Å². The molecule has 6 heteroatoms. The van der Waals surface area contributed by atoms with Crippen LogP contribution in [0.25, 0.3) is 0 Å². The van der Waals surface area contributed by atoms with E-state index in [2.05, 4.69) is 10.2 Å². The molecule has 1 unspecified atom stereocenters. The topological polar surface area (TPSA) is 85.6 Å². The zero-order valence-electron chi connectivity index (χ0n) is 14.4. The first kappa shape index (κ1) is 17.7. The molecule has 1 amide bonds. The van der Waals surface area contributed by atoms with Crippen LogP contribution in [0.2, 0.25) is 0 Å². The Bertz CT molecular complexity index is 626. The Morgan fingerprint density at radius 1 is 1.32 bits per heavy atom. The molecule has 1 aliphatic heterocycles. The Kier molecular flexibility index (Phi) is 5.90. The van der Waals surface area contributed by atoms with Gasteiger partial charge in [0.2, 0.25) is 5.91 Å². The number of likely N-dealkylation sites (tertiary alicyclic amines) is 1. The van der Waals surface area contributed by atoms with E-state index in [0.717, 1.165) is 44.3 Å². The van der Waals surface area contributed by atoms with Crippen molar-refractivity contribution >= 4 is 5.91 Å². The summed E-state index contributed by atoms with van der Waals surface area (Å²) in [4.78, 5) is 14.7. The van der Waals surface area contributed by atoms with E-state index >= 15 is 0 Å². The molecule has 2 N–H and O–H groups in total. The standard InChI is InChI=1S/C19H25N3O3/c20-9-11-25-16-6-4-14(5-7-16)12-19(24)21-17-2-1-3-18(17)22-10-8-15(23)13-22/h4-7,15,17-18,23H,1-3,8,10-13H2,(H,21,24)/t15?,17-,18+/m1/s1. The number of nitrogens with zero attached hydrogens (tertiary/aromatic N) is 2. The molecule has 1 aromatic carbocycles. The molecule has 0 spiro atoms. The second-order valence-corrected chi connectivity index (χ2v) is 6.88. The zero-order chi connectivity index (χ0) is 17.6. The van der Waals surface area contributed by atoms with Crippen LogP contribution < -0.4 is 10.1 Å². The van der Waals surface area contributed by atoms with Gasteiger partial charge in [-0.25, -0.2) is 0 Å². The Labute approximate surface area is 148 Å². The lowest BCUT2D eigenvalue weighted by molar-refractivity contribution is -0.121. The van der Waals surface area contributed by atoms with Gasteiger partial charge in [-0.1, -0.05) is 12.1 Å². The van der Waals surface area contributed by atoms with E-state index in [1.54, 1.807) is 12.1 Å². The van der Waals surface area contributed by atoms with Gasteiger partial charge in [0.15, 0.2) is 6.61 Å². The van der Waals surface area contributed by atoms with Crippen LogP contribution in [0.15, 0.2) is 24.3 Å². The summed E-state index contributed by atoms with van der Waals surface area (Å²) in [5.74, 6) is 0.663. The number of β-amino-alcohol motifs (C(OH)–C–C–N with tert-alkyl or cyclic N) is 1. The maximum absolute atomic E-state index is 12.4. The maximum atomic E-state index is 12.4. The average molecular weight is 343 g/mol. The minimum atomic E-state index is -0.223. The van der Waals surface area contributed by atoms with Crippen LogP contribution in [0.5, 0.6) is 5.75 Å². The predicted octanol–water partition coefficient (Wildman–Crippen LogP) is 1.24. The lowest BCUT2D eigenvalue weighted by atomic mass is 10.1. The third kappa shape index (κ3) is 4.71. The van der Waals surface area contributed by atoms with E-state index in [4.69, 9.17) is 10.00 Å². The van der Waals surface area contributed by atoms with Crippen molar-refractivity contribution in [3.8, 4) is 11.8 Å². The van der Waals surface area contributed by atoms with Crippen LogP contribution in [0.1, 0.15) is 31.2 Å². The number of carbonyl (C=O) groups excluding carboxylic acids is 1. The smallest absolute Gasteiger partial charge is 0.224 e. The van der Waals surface area contributed by atoms with Gasteiger partial charge in [0.25, 0.3) is 0 Å². The van der Waals surface area contributed by atoms with Gasteiger partial charge in [-0.3, -0.25) is 9.69 Å². The molecule has 1 saturated heterocycles. The van der Waals surface area contributed by atoms with Gasteiger partial charge < -0.3 is 15.2 Å². The maximum Gasteiger partial charge on any atom is 0.224 e. The number of hydrogen-bond donors (Lipinski definition) is 2. The number of nitriles is 1. The van der Waals surface area contributed by atoms with Crippen molar-refractivity contribution in [1.29, 1.82) is 5.26 Å². The van der Waals surface area contributed by atoms with Crippen LogP contribution in [0.3, 0.4) is 0 Å². The highest BCUT2D eigenvalue weighted by Crippen LogP contribution is 2.27. The van der Waals surface area contributed by atoms with Gasteiger partial charge in [-0.15, -0.1) is 0 Å². The van der Waals surface area contributed by atoms with Crippen LogP contribution in [0, 0.1) is 11.3 Å². The van der Waals surface area contributed by atoms with E-state index in [9.17, 15) is 9.90 Å². The predicted molar refractivity (Wildman–Crippen MR) is 93.0 cm³/mol. The van der Waals surface area contributed by atoms with Crippen molar-refractivity contribution in [2.24, 2.45) is 0 Å². The van der Waals surface area contributed by atoms with Crippen molar-refractivity contribution in [1.82, 2.24) is 10.2 Å². The monoisotopic (exact) mass is 343 g/mol. The SMILES string of the molecule is N#CCOc1ccc(CC(=O)N[C@@H]2CCC[C@@H]2N2CCC(O)C2)cc1. The van der Waals surface area contributed by atoms with Gasteiger partial charge in [-0.2, -0.15) is 5.26 Å². The molecule has 2 aliphatic rings. The fraction of sp³-hybridized carbons (Fsp3) is 0.579. The molecular formula is C19H25N3O3. The van der Waals surface area contributed by atoms with Crippen LogP contribution >= 0.6 is 0 Å². The number of amides is 1. The Morgan fingerprint density at radius 3 is 2.80 bits per heavy atom. The Hall–Kier alpha value is -2.10. The van der Waals surface area contributed by atoms with Crippen molar-refractivity contribution in [2.45, 2.75) is 50.3 Å². The molecule has 25 heavy (non-hydrogen) atoms. The Balaban J connectivity index is 1.50. The van der Waals surface area contributed by atoms with E-state index in [1.165, 1.54) is 0 Å². The number of ether oxygens (including phenoxy) is 1. The normalized spacial score (nSPS) is 26.3. The molecular weight excluding hydrogens is 318 g/mol. The summed E-state index contributed by atoms with van der Waals surface area (Å²) in [6.45, 7) is 1.66. The summed E-state index contributed by atoms with van der Waals surface area (Å²) in [5, 5.41) is 21.4. The van der Waals surface area contributed by atoms with Gasteiger partial charge >= 0.3 is 0 Å². The van der Waals surface area contributed by atoms with Crippen molar-refractivity contribution < 1.29 is 14.6 Å². The number of aliphatic hydroxyl groups is 1. The molecule has 1 saturated carbocycles. The summed E-state index contributed by atoms with van der Waals surface area (Å²) < 4.78 is 5.21. The summed E-state index contributed by atoms with van der Waals surface area (Å²) in [6, 6.07) is 9.73. The number of aliphatic hydroxyl groups excluding tert-OH is 1. The summed E-state index contributed by atoms with van der Waals surface area (Å²) in [6.07, 6.45) is 4.15. The molecule has 0 radical (unpaired) electrons. The summed E-state index contributed by atoms with van der Waals surface area (Å²) in [7, 11) is 0. The van der Waals surface area contributed by atoms with Crippen molar-refractivity contribution in [3.63, 3.8) is 0 Å². The first-order valence-electron chi connectivity index (χ1n) is 8.96. The molecule has 0 bridgehead atoms. The van der Waals surface area contributed by atoms with Gasteiger partial charge in [0, 0.05) is 25.2 Å². The quantitative estimate of drug-likeness (QED) is 0.812. The average Bonchev–Trinajstić information content (AvgIpc) is 3.23. The van der Waals surface area contributed by atoms with E-state index in [1.807, 2.05) is 18.2 Å². The number of nitrogens with one attached hydrogen (secondary N) is 1. The number of benzene rings is 1. The fourth-order valence-corrected chi connectivity index (χ4v) is 3.88. The highest BCUT2D eigenvalue weighted by atomic mass is 16.5. The molecule has 0 aromatic heterocycles. The minimum absolute atomic E-state index is 0.0219. The highest BCUT2D eigenvalue weighted by molar-refractivity contribution is 5.79. The molecule has 3 atom stereocenters. The highest BCUT2D eigenvalue weighted by Gasteiger charge is 2.36. The Morgan fingerprint density at radius 2 is 2.12 bits per heavy atom. The lowest BCUT2D eigenvalue weighted by Crippen LogP contribution is -2.48. The largest absolute Gasteiger partial charge is 0.479 e. The third-order valence-corrected chi connectivity index (χ3v) is 5.08. The van der Waals surface area contributed by atoms with E-state index in [0.29, 0.717) is 18.2 Å². The van der Waals surface area contributed by atoms with Crippen molar-refractivity contribution in [3.05, 3.63) is 29.8 Å². The number of rotatable bonds is 6. The minimum Gasteiger partial charge on any atom is -0.479 e. The van der Waals surface area contributed by atoms with Crippen LogP contribution in [0.4, 0.5) is 0 Å². The summed E-state index contributed by atoms with van der Waals surface area (Å²) in [5.41, 5.74) is 0.924. The fourth-order valence-electron chi connectivity index (χ4n) is 3.88. The molecule has 3 rings (SSSR count). The van der Waals surface area contributed by atoms with E-state index in [-0.39, 0.29) is 24.7 Å². The van der Waals surface area contributed by atoms with Crippen LogP contribution in [-0.4, -0.2) is 53.8 Å². The lowest BCUT2D eigenvalue weighted by Gasteiger charge is -2.29. The molecule has 1 heterocycles. The van der Waals surface area contributed by atoms with Gasteiger partial charge in [0.05, 0.1) is 12.5 Å². The first-order chi connectivity index (χ1) is 12.2. The van der Waals surface area contributed by atoms with Crippen molar-refractivity contribution in [2.75, 3.05) is 19.7 Å². The molecule has 134 valence electrons. The number of hydrogen-bond acceptors (Lipinski definition) is 5. The first-order valence-corrected chi connectivity index (χ1v) is 8.96. The van der Waals surface area contributed by atoms with Gasteiger partial charge in [0.1, 0.15) is 11.8 Å². The molecule has 2 fully saturated rings. The second kappa shape index (κ2) is 8.32. The number of carbonyl (C=O) groups is 1. The second-order valence-electron chi connectivity index (χ2n) is 6.88. The molecule has 1 aromatic rings.